The van der Waals surface area contributed by atoms with Gasteiger partial charge in [0.25, 0.3) is 5.69 Å². The summed E-state index contributed by atoms with van der Waals surface area (Å²) < 4.78 is 5.59. The van der Waals surface area contributed by atoms with Gasteiger partial charge in [0.15, 0.2) is 0 Å². The van der Waals surface area contributed by atoms with Gasteiger partial charge in [-0.15, -0.1) is 0 Å². The molecule has 1 aliphatic rings. The molecule has 1 N–H and O–H groups in total. The number of anilines is 1. The highest BCUT2D eigenvalue weighted by Crippen LogP contribution is 2.28. The van der Waals surface area contributed by atoms with Crippen molar-refractivity contribution in [3.63, 3.8) is 0 Å². The van der Waals surface area contributed by atoms with Crippen LogP contribution in [0.15, 0.2) is 18.2 Å². The van der Waals surface area contributed by atoms with Crippen molar-refractivity contribution < 1.29 is 9.66 Å². The third kappa shape index (κ3) is 3.23. The largest absolute Gasteiger partial charge is 0.374 e. The van der Waals surface area contributed by atoms with E-state index in [1.807, 2.05) is 6.07 Å². The summed E-state index contributed by atoms with van der Waals surface area (Å²) in [6.07, 6.45) is 0.00370. The van der Waals surface area contributed by atoms with Crippen molar-refractivity contribution in [3.05, 3.63) is 33.9 Å². The average Bonchev–Trinajstić information content (AvgIpc) is 2.47. The van der Waals surface area contributed by atoms with Crippen LogP contribution >= 0.6 is 0 Å². The average molecular weight is 276 g/mol. The molecule has 1 unspecified atom stereocenters. The lowest BCUT2D eigenvalue weighted by molar-refractivity contribution is -0.384. The van der Waals surface area contributed by atoms with Crippen LogP contribution < -0.4 is 10.2 Å². The van der Waals surface area contributed by atoms with E-state index in [0.717, 1.165) is 13.1 Å². The number of nitriles is 1. The predicted octanol–water partition coefficient (Wildman–Crippen LogP) is 0.891. The smallest absolute Gasteiger partial charge is 0.293 e. The SMILES string of the molecule is CN(CC1CNCCO1)c1ccc(C#N)cc1[N+](=O)[O-]. The first-order valence-electron chi connectivity index (χ1n) is 6.34. The summed E-state index contributed by atoms with van der Waals surface area (Å²) in [6.45, 7) is 2.76. The summed E-state index contributed by atoms with van der Waals surface area (Å²) in [5, 5.41) is 23.2. The summed E-state index contributed by atoms with van der Waals surface area (Å²) in [6, 6.07) is 6.40. The Hall–Kier alpha value is -2.17. The number of nitro benzene ring substituents is 1. The number of nitro groups is 1. The molecule has 0 spiro atoms. The van der Waals surface area contributed by atoms with Crippen molar-refractivity contribution in [2.45, 2.75) is 6.10 Å². The molecule has 1 aromatic carbocycles. The topological polar surface area (TPSA) is 91.4 Å². The number of nitrogens with zero attached hydrogens (tertiary/aromatic N) is 3. The predicted molar refractivity (Wildman–Crippen MR) is 73.7 cm³/mol. The van der Waals surface area contributed by atoms with E-state index in [0.29, 0.717) is 18.8 Å². The molecule has 2 rings (SSSR count). The lowest BCUT2D eigenvalue weighted by Crippen LogP contribution is -2.44. The van der Waals surface area contributed by atoms with Crippen molar-refractivity contribution in [1.82, 2.24) is 5.32 Å². The first kappa shape index (κ1) is 14.2. The fraction of sp³-hybridized carbons (Fsp3) is 0.462. The van der Waals surface area contributed by atoms with Crippen molar-refractivity contribution in [3.8, 4) is 6.07 Å². The van der Waals surface area contributed by atoms with Crippen LogP contribution in [0.3, 0.4) is 0 Å². The van der Waals surface area contributed by atoms with Gasteiger partial charge in [0.05, 0.1) is 29.3 Å². The summed E-state index contributed by atoms with van der Waals surface area (Å²) in [4.78, 5) is 12.4. The third-order valence-electron chi connectivity index (χ3n) is 3.19. The van der Waals surface area contributed by atoms with Gasteiger partial charge in [0.2, 0.25) is 0 Å². The molecule has 1 saturated heterocycles. The van der Waals surface area contributed by atoms with E-state index in [1.54, 1.807) is 24.1 Å². The second-order valence-electron chi connectivity index (χ2n) is 4.65. The van der Waals surface area contributed by atoms with Crippen LogP contribution in [-0.2, 0) is 4.74 Å². The van der Waals surface area contributed by atoms with Crippen molar-refractivity contribution in [2.24, 2.45) is 0 Å². The molecule has 0 aromatic heterocycles. The van der Waals surface area contributed by atoms with E-state index < -0.39 is 4.92 Å². The van der Waals surface area contributed by atoms with Crippen LogP contribution in [0.25, 0.3) is 0 Å². The van der Waals surface area contributed by atoms with Crippen LogP contribution in [0.5, 0.6) is 0 Å². The number of hydrogen-bond acceptors (Lipinski definition) is 6. The fourth-order valence-corrected chi connectivity index (χ4v) is 2.20. The molecule has 1 aromatic rings. The minimum Gasteiger partial charge on any atom is -0.374 e. The number of benzene rings is 1. The van der Waals surface area contributed by atoms with E-state index in [2.05, 4.69) is 5.32 Å². The molecule has 7 nitrogen and oxygen atoms in total. The van der Waals surface area contributed by atoms with Gasteiger partial charge in [-0.1, -0.05) is 0 Å². The standard InChI is InChI=1S/C13H16N4O3/c1-16(9-11-8-15-4-5-20-11)12-3-2-10(7-14)6-13(12)17(18)19/h2-3,6,11,15H,4-5,8-9H2,1H3. The number of nitrogens with one attached hydrogen (secondary N) is 1. The number of rotatable bonds is 4. The fourth-order valence-electron chi connectivity index (χ4n) is 2.20. The maximum absolute atomic E-state index is 11.1. The molecule has 1 heterocycles. The highest BCUT2D eigenvalue weighted by molar-refractivity contribution is 5.65. The second kappa shape index (κ2) is 6.32. The zero-order chi connectivity index (χ0) is 14.5. The number of likely N-dealkylation sites (N-methyl/N-ethyl adjacent to an activating group) is 1. The van der Waals surface area contributed by atoms with Gasteiger partial charge >= 0.3 is 0 Å². The Kier molecular flexibility index (Phi) is 4.50. The van der Waals surface area contributed by atoms with Gasteiger partial charge in [-0.3, -0.25) is 10.1 Å². The van der Waals surface area contributed by atoms with Crippen LogP contribution in [0.4, 0.5) is 11.4 Å². The van der Waals surface area contributed by atoms with Gasteiger partial charge in [-0.05, 0) is 12.1 Å². The highest BCUT2D eigenvalue weighted by atomic mass is 16.6. The summed E-state index contributed by atoms with van der Waals surface area (Å²) in [7, 11) is 1.78. The molecule has 0 bridgehead atoms. The number of hydrogen-bond donors (Lipinski definition) is 1. The van der Waals surface area contributed by atoms with Crippen LogP contribution in [0.2, 0.25) is 0 Å². The van der Waals surface area contributed by atoms with Gasteiger partial charge < -0.3 is 15.0 Å². The van der Waals surface area contributed by atoms with E-state index in [-0.39, 0.29) is 17.4 Å². The molecule has 1 fully saturated rings. The molecule has 106 valence electrons. The van der Waals surface area contributed by atoms with Crippen molar-refractivity contribution >= 4 is 11.4 Å². The summed E-state index contributed by atoms with van der Waals surface area (Å²) >= 11 is 0. The maximum atomic E-state index is 11.1. The third-order valence-corrected chi connectivity index (χ3v) is 3.19. The highest BCUT2D eigenvalue weighted by Gasteiger charge is 2.21. The van der Waals surface area contributed by atoms with E-state index in [1.165, 1.54) is 6.07 Å². The molecule has 7 heteroatoms. The Morgan fingerprint density at radius 1 is 1.65 bits per heavy atom. The minimum atomic E-state index is -0.466. The van der Waals surface area contributed by atoms with E-state index >= 15 is 0 Å². The second-order valence-corrected chi connectivity index (χ2v) is 4.65. The zero-order valence-corrected chi connectivity index (χ0v) is 11.2. The first-order chi connectivity index (χ1) is 9.61. The Bertz CT molecular complexity index is 535. The Morgan fingerprint density at radius 3 is 3.05 bits per heavy atom. The van der Waals surface area contributed by atoms with Crippen LogP contribution in [0, 0.1) is 21.4 Å². The Labute approximate surface area is 116 Å². The molecule has 0 amide bonds. The Morgan fingerprint density at radius 2 is 2.45 bits per heavy atom. The molecule has 0 saturated carbocycles. The lowest BCUT2D eigenvalue weighted by Gasteiger charge is -2.28. The van der Waals surface area contributed by atoms with E-state index in [4.69, 9.17) is 10.00 Å². The minimum absolute atomic E-state index is 0.00370. The number of ether oxygens (including phenoxy) is 1. The Balaban J connectivity index is 2.18. The van der Waals surface area contributed by atoms with Gasteiger partial charge in [0.1, 0.15) is 5.69 Å². The molecule has 20 heavy (non-hydrogen) atoms. The first-order valence-corrected chi connectivity index (χ1v) is 6.34. The quantitative estimate of drug-likeness (QED) is 0.648. The summed E-state index contributed by atoms with van der Waals surface area (Å²) in [5.41, 5.74) is 0.711. The van der Waals surface area contributed by atoms with Gasteiger partial charge in [-0.25, -0.2) is 0 Å². The molecule has 0 aliphatic carbocycles. The van der Waals surface area contributed by atoms with Crippen molar-refractivity contribution in [2.75, 3.05) is 38.2 Å². The monoisotopic (exact) mass is 276 g/mol. The van der Waals surface area contributed by atoms with Crippen molar-refractivity contribution in [1.29, 1.82) is 5.26 Å². The van der Waals surface area contributed by atoms with Gasteiger partial charge in [0, 0.05) is 32.7 Å². The number of morpholine rings is 1. The molecule has 0 radical (unpaired) electrons. The van der Waals surface area contributed by atoms with Gasteiger partial charge in [-0.2, -0.15) is 5.26 Å². The molecule has 1 aliphatic heterocycles. The van der Waals surface area contributed by atoms with E-state index in [9.17, 15) is 10.1 Å². The molecular weight excluding hydrogens is 260 g/mol. The summed E-state index contributed by atoms with van der Waals surface area (Å²) in [5.74, 6) is 0. The van der Waals surface area contributed by atoms with Crippen LogP contribution in [0.1, 0.15) is 5.56 Å². The normalized spacial score (nSPS) is 18.3. The van der Waals surface area contributed by atoms with Crippen LogP contribution in [-0.4, -0.2) is 44.3 Å². The molecule has 1 atom stereocenters. The molecular formula is C13H16N4O3. The maximum Gasteiger partial charge on any atom is 0.293 e. The lowest BCUT2D eigenvalue weighted by atomic mass is 10.1. The zero-order valence-electron chi connectivity index (χ0n) is 11.2.